The highest BCUT2D eigenvalue weighted by molar-refractivity contribution is 5.94. The van der Waals surface area contributed by atoms with Crippen LogP contribution in [0.15, 0.2) is 42.6 Å². The average molecular weight is 471 g/mol. The number of nitrogens with zero attached hydrogens (tertiary/aromatic N) is 6. The van der Waals surface area contributed by atoms with E-state index in [-0.39, 0.29) is 11.7 Å². The van der Waals surface area contributed by atoms with Crippen LogP contribution in [0.4, 0.5) is 0 Å². The number of hydrogen-bond donors (Lipinski definition) is 2. The Labute approximate surface area is 204 Å². The van der Waals surface area contributed by atoms with Gasteiger partial charge >= 0.3 is 0 Å². The third kappa shape index (κ3) is 5.34. The summed E-state index contributed by atoms with van der Waals surface area (Å²) in [6.07, 6.45) is 10.3. The van der Waals surface area contributed by atoms with Crippen LogP contribution < -0.4 is 0 Å². The average Bonchev–Trinajstić information content (AvgIpc) is 3.61. The number of hydrogen-bond acceptors (Lipinski definition) is 7. The topological polar surface area (TPSA) is 126 Å². The summed E-state index contributed by atoms with van der Waals surface area (Å²) in [5.74, 6) is 2.31. The number of H-pyrrole nitrogens is 2. The number of carbonyl (C=O) groups is 1. The number of aromatic amines is 2. The normalized spacial score (nSPS) is 18.0. The Hall–Kier alpha value is -3.75. The smallest absolute Gasteiger partial charge is 0.217 e. The molecule has 1 aliphatic rings. The van der Waals surface area contributed by atoms with Gasteiger partial charge < -0.3 is 0 Å². The van der Waals surface area contributed by atoms with Gasteiger partial charge in [-0.3, -0.25) is 14.9 Å². The van der Waals surface area contributed by atoms with E-state index < -0.39 is 0 Å². The van der Waals surface area contributed by atoms with Crippen molar-refractivity contribution in [3.05, 3.63) is 59.8 Å². The Morgan fingerprint density at radius 3 is 2.74 bits per heavy atom. The van der Waals surface area contributed by atoms with E-state index in [4.69, 9.17) is 0 Å². The van der Waals surface area contributed by atoms with Gasteiger partial charge in [-0.25, -0.2) is 4.98 Å². The van der Waals surface area contributed by atoms with Crippen LogP contribution in [0.1, 0.15) is 73.9 Å². The molecule has 1 aliphatic carbocycles. The molecule has 2 N–H and O–H groups in total. The molecule has 2 unspecified atom stereocenters. The summed E-state index contributed by atoms with van der Waals surface area (Å²) >= 11 is 0. The van der Waals surface area contributed by atoms with Crippen molar-refractivity contribution in [3.8, 4) is 22.6 Å². The zero-order valence-corrected chi connectivity index (χ0v) is 19.9. The molecule has 1 aromatic carbocycles. The lowest BCUT2D eigenvalue weighted by molar-refractivity contribution is 0.0848. The van der Waals surface area contributed by atoms with Gasteiger partial charge in [0.1, 0.15) is 5.82 Å². The highest BCUT2D eigenvalue weighted by Crippen LogP contribution is 2.34. The molecule has 4 aromatic rings. The van der Waals surface area contributed by atoms with Crippen LogP contribution in [-0.2, 0) is 6.42 Å². The van der Waals surface area contributed by atoms with Gasteiger partial charge in [-0.1, -0.05) is 69.4 Å². The molecular weight excluding hydrogens is 440 g/mol. The molecule has 3 aromatic heterocycles. The Bertz CT molecular complexity index is 1250. The summed E-state index contributed by atoms with van der Waals surface area (Å²) in [7, 11) is 0. The Balaban J connectivity index is 1.25. The third-order valence-corrected chi connectivity index (χ3v) is 6.86. The largest absolute Gasteiger partial charge is 0.290 e. The molecule has 0 spiro atoms. The monoisotopic (exact) mass is 470 g/mol. The SMILES string of the molecule is CCCCC1CCCC(C(=O)c2n[nH]c(Cc3ccc(-c4ccccc4-c4nn[nH]n4)nc3)n2)C1. The second kappa shape index (κ2) is 10.7. The number of nitrogens with one attached hydrogen (secondary N) is 2. The Kier molecular flexibility index (Phi) is 7.02. The fraction of sp³-hybridized carbons (Fsp3) is 0.423. The molecule has 0 radical (unpaired) electrons. The van der Waals surface area contributed by atoms with E-state index in [2.05, 4.69) is 47.7 Å². The lowest BCUT2D eigenvalue weighted by atomic mass is 9.77. The minimum atomic E-state index is 0.0504. The number of rotatable bonds is 9. The van der Waals surface area contributed by atoms with Gasteiger partial charge in [0, 0.05) is 29.7 Å². The quantitative estimate of drug-likeness (QED) is 0.336. The van der Waals surface area contributed by atoms with Gasteiger partial charge in [-0.15, -0.1) is 10.2 Å². The van der Waals surface area contributed by atoms with Crippen molar-refractivity contribution >= 4 is 5.78 Å². The van der Waals surface area contributed by atoms with Gasteiger partial charge in [0.15, 0.2) is 0 Å². The van der Waals surface area contributed by atoms with Crippen LogP contribution in [0, 0.1) is 11.8 Å². The summed E-state index contributed by atoms with van der Waals surface area (Å²) in [6, 6.07) is 11.8. The van der Waals surface area contributed by atoms with Gasteiger partial charge in [-0.05, 0) is 35.6 Å². The maximum Gasteiger partial charge on any atom is 0.217 e. The molecule has 3 heterocycles. The first-order chi connectivity index (χ1) is 17.2. The fourth-order valence-corrected chi connectivity index (χ4v) is 5.01. The first-order valence-electron chi connectivity index (χ1n) is 12.4. The molecular formula is C26H30N8O. The van der Waals surface area contributed by atoms with Crippen LogP contribution in [0.2, 0.25) is 0 Å². The number of carbonyl (C=O) groups excluding carboxylic acids is 1. The minimum Gasteiger partial charge on any atom is -0.290 e. The number of aromatic nitrogens is 8. The van der Waals surface area contributed by atoms with Crippen molar-refractivity contribution in [2.45, 2.75) is 58.3 Å². The maximum atomic E-state index is 13.0. The molecule has 0 saturated heterocycles. The highest BCUT2D eigenvalue weighted by atomic mass is 16.1. The number of pyridine rings is 1. The third-order valence-electron chi connectivity index (χ3n) is 6.86. The zero-order chi connectivity index (χ0) is 24.0. The molecule has 5 rings (SSSR count). The van der Waals surface area contributed by atoms with Crippen molar-refractivity contribution in [1.29, 1.82) is 0 Å². The molecule has 0 amide bonds. The number of unbranched alkanes of at least 4 members (excludes halogenated alkanes) is 1. The first-order valence-corrected chi connectivity index (χ1v) is 12.4. The lowest BCUT2D eigenvalue weighted by Gasteiger charge is -2.27. The van der Waals surface area contributed by atoms with E-state index in [1.165, 1.54) is 25.7 Å². The van der Waals surface area contributed by atoms with E-state index in [0.717, 1.165) is 41.6 Å². The standard InChI is InChI=1S/C26H30N8O/c1-2-3-7-17-8-6-9-19(14-17)24(35)26-28-23(29-30-26)15-18-12-13-22(27-16-18)20-10-4-5-11-21(20)25-31-33-34-32-25/h4-5,10-13,16-17,19H,2-3,6-9,14-15H2,1H3,(H,28,29,30)(H,31,32,33,34). The van der Waals surface area contributed by atoms with Crippen molar-refractivity contribution < 1.29 is 4.79 Å². The second-order valence-corrected chi connectivity index (χ2v) is 9.35. The molecule has 1 fully saturated rings. The molecule has 9 heteroatoms. The number of Topliss-reactive ketones (excluding diaryl/α,β-unsaturated/α-hetero) is 1. The fourth-order valence-electron chi connectivity index (χ4n) is 5.01. The van der Waals surface area contributed by atoms with Crippen molar-refractivity contribution in [2.24, 2.45) is 11.8 Å². The molecule has 35 heavy (non-hydrogen) atoms. The zero-order valence-electron chi connectivity index (χ0n) is 19.9. The number of benzene rings is 1. The number of ketones is 1. The Morgan fingerprint density at radius 1 is 1.09 bits per heavy atom. The first kappa shape index (κ1) is 23.0. The van der Waals surface area contributed by atoms with Crippen LogP contribution in [-0.4, -0.2) is 46.6 Å². The second-order valence-electron chi connectivity index (χ2n) is 9.35. The molecule has 0 aliphatic heterocycles. The summed E-state index contributed by atoms with van der Waals surface area (Å²) in [6.45, 7) is 2.22. The van der Waals surface area contributed by atoms with Crippen molar-refractivity contribution in [1.82, 2.24) is 40.8 Å². The minimum absolute atomic E-state index is 0.0504. The molecule has 2 atom stereocenters. The highest BCUT2D eigenvalue weighted by Gasteiger charge is 2.29. The summed E-state index contributed by atoms with van der Waals surface area (Å²) in [5, 5.41) is 21.5. The Morgan fingerprint density at radius 2 is 1.97 bits per heavy atom. The predicted molar refractivity (Wildman–Crippen MR) is 131 cm³/mol. The summed E-state index contributed by atoms with van der Waals surface area (Å²) in [4.78, 5) is 22.2. The van der Waals surface area contributed by atoms with E-state index in [1.807, 2.05) is 42.6 Å². The van der Waals surface area contributed by atoms with Crippen molar-refractivity contribution in [3.63, 3.8) is 0 Å². The van der Waals surface area contributed by atoms with E-state index >= 15 is 0 Å². The van der Waals surface area contributed by atoms with Crippen LogP contribution in [0.3, 0.4) is 0 Å². The van der Waals surface area contributed by atoms with Gasteiger partial charge in [-0.2, -0.15) is 10.3 Å². The van der Waals surface area contributed by atoms with E-state index in [0.29, 0.717) is 29.8 Å². The van der Waals surface area contributed by atoms with E-state index in [1.54, 1.807) is 0 Å². The molecule has 0 bridgehead atoms. The lowest BCUT2D eigenvalue weighted by Crippen LogP contribution is -2.24. The summed E-state index contributed by atoms with van der Waals surface area (Å²) < 4.78 is 0. The molecule has 1 saturated carbocycles. The maximum absolute atomic E-state index is 13.0. The molecule has 180 valence electrons. The van der Waals surface area contributed by atoms with Crippen molar-refractivity contribution in [2.75, 3.05) is 0 Å². The van der Waals surface area contributed by atoms with Crippen LogP contribution in [0.5, 0.6) is 0 Å². The van der Waals surface area contributed by atoms with E-state index in [9.17, 15) is 4.79 Å². The predicted octanol–water partition coefficient (Wildman–Crippen LogP) is 4.82. The van der Waals surface area contributed by atoms with Gasteiger partial charge in [0.25, 0.3) is 0 Å². The summed E-state index contributed by atoms with van der Waals surface area (Å²) in [5.41, 5.74) is 3.59. The van der Waals surface area contributed by atoms with Gasteiger partial charge in [0.2, 0.25) is 17.4 Å². The number of tetrazole rings is 1. The van der Waals surface area contributed by atoms with Gasteiger partial charge in [0.05, 0.1) is 5.69 Å². The van der Waals surface area contributed by atoms with Crippen LogP contribution >= 0.6 is 0 Å². The van der Waals surface area contributed by atoms with Crippen LogP contribution in [0.25, 0.3) is 22.6 Å². The molecule has 9 nitrogen and oxygen atoms in total.